The standard InChI is InChI=1S/C16H14FN5O2/c17-11-1-2-13-10(7-11)8-19-14-3-5-22-15(21-14)12(9-20-22)16(23)18-4-6-24-13/h1-3,5,7,9,20H,4,6,8H2,(H,18,23). The summed E-state index contributed by atoms with van der Waals surface area (Å²) in [6, 6.07) is 4.30. The first-order chi connectivity index (χ1) is 11.7. The summed E-state index contributed by atoms with van der Waals surface area (Å²) in [5, 5.41) is 4.41. The van der Waals surface area contributed by atoms with E-state index >= 15 is 0 Å². The largest absolute Gasteiger partial charge is 0.491 e. The molecule has 3 aliphatic rings. The number of carbonyl (C=O) groups excluding carboxylic acids is 1. The van der Waals surface area contributed by atoms with Crippen LogP contribution in [0.1, 0.15) is 5.56 Å². The Labute approximate surface area is 137 Å². The molecule has 7 nitrogen and oxygen atoms in total. The topological polar surface area (TPSA) is 78.3 Å². The number of halogens is 1. The first kappa shape index (κ1) is 14.4. The minimum Gasteiger partial charge on any atom is -0.491 e. The molecule has 1 aromatic carbocycles. The van der Waals surface area contributed by atoms with Crippen LogP contribution in [0.4, 0.5) is 4.39 Å². The molecule has 1 amide bonds. The number of carbonyl (C=O) groups is 1. The lowest BCUT2D eigenvalue weighted by molar-refractivity contribution is -0.117. The van der Waals surface area contributed by atoms with Gasteiger partial charge in [-0.05, 0) is 18.2 Å². The van der Waals surface area contributed by atoms with Crippen molar-refractivity contribution in [1.29, 1.82) is 0 Å². The molecular formula is C16H14FN5O2. The second kappa shape index (κ2) is 5.80. The number of nitrogens with zero attached hydrogens (tertiary/aromatic N) is 3. The van der Waals surface area contributed by atoms with Crippen molar-refractivity contribution in [2.45, 2.75) is 6.54 Å². The molecule has 0 radical (unpaired) electrons. The fourth-order valence-electron chi connectivity index (χ4n) is 2.56. The third kappa shape index (κ3) is 2.62. The number of aliphatic imine (C=N–C) groups is 2. The van der Waals surface area contributed by atoms with Gasteiger partial charge in [0.25, 0.3) is 5.91 Å². The number of amidine groups is 2. The highest BCUT2D eigenvalue weighted by atomic mass is 19.1. The fourth-order valence-corrected chi connectivity index (χ4v) is 2.56. The summed E-state index contributed by atoms with van der Waals surface area (Å²) in [6.45, 7) is 0.831. The minimum atomic E-state index is -0.350. The van der Waals surface area contributed by atoms with E-state index in [1.807, 2.05) is 0 Å². The number of nitrogens with one attached hydrogen (secondary N) is 2. The van der Waals surface area contributed by atoms with Crippen LogP contribution in [0.5, 0.6) is 5.75 Å². The Balaban J connectivity index is 1.72. The first-order valence-electron chi connectivity index (χ1n) is 7.47. The zero-order valence-corrected chi connectivity index (χ0v) is 12.6. The lowest BCUT2D eigenvalue weighted by atomic mass is 10.2. The summed E-state index contributed by atoms with van der Waals surface area (Å²) in [5.74, 6) is 0.883. The lowest BCUT2D eigenvalue weighted by Gasteiger charge is -2.18. The van der Waals surface area contributed by atoms with Gasteiger partial charge in [0.1, 0.15) is 23.7 Å². The van der Waals surface area contributed by atoms with Crippen molar-refractivity contribution in [3.63, 3.8) is 0 Å². The Morgan fingerprint density at radius 1 is 1.33 bits per heavy atom. The molecule has 2 bridgehead atoms. The summed E-state index contributed by atoms with van der Waals surface area (Å²) in [6.07, 6.45) is 5.04. The second-order valence-electron chi connectivity index (χ2n) is 5.34. The van der Waals surface area contributed by atoms with Gasteiger partial charge in [0, 0.05) is 24.0 Å². The van der Waals surface area contributed by atoms with E-state index in [4.69, 9.17) is 4.74 Å². The van der Waals surface area contributed by atoms with Gasteiger partial charge >= 0.3 is 0 Å². The molecule has 1 aromatic rings. The normalized spacial score (nSPS) is 19.3. The average Bonchev–Trinajstić information content (AvgIpc) is 3.00. The Bertz CT molecular complexity index is 828. The Morgan fingerprint density at radius 2 is 2.25 bits per heavy atom. The van der Waals surface area contributed by atoms with E-state index in [0.29, 0.717) is 35.1 Å². The molecule has 0 unspecified atom stereocenters. The van der Waals surface area contributed by atoms with Gasteiger partial charge in [0.15, 0.2) is 11.7 Å². The first-order valence-corrected chi connectivity index (χ1v) is 7.47. The van der Waals surface area contributed by atoms with Crippen molar-refractivity contribution in [2.75, 3.05) is 13.2 Å². The Morgan fingerprint density at radius 3 is 3.17 bits per heavy atom. The average molecular weight is 327 g/mol. The summed E-state index contributed by atoms with van der Waals surface area (Å²) >= 11 is 0. The van der Waals surface area contributed by atoms with Gasteiger partial charge in [0.05, 0.1) is 13.1 Å². The maximum atomic E-state index is 13.5. The molecule has 3 heterocycles. The number of hydrogen-bond acceptors (Lipinski definition) is 6. The summed E-state index contributed by atoms with van der Waals surface area (Å²) in [7, 11) is 0. The van der Waals surface area contributed by atoms with Gasteiger partial charge in [-0.1, -0.05) is 0 Å². The van der Waals surface area contributed by atoms with Crippen LogP contribution < -0.4 is 15.5 Å². The molecule has 0 atom stereocenters. The molecule has 3 aliphatic heterocycles. The van der Waals surface area contributed by atoms with E-state index in [9.17, 15) is 9.18 Å². The van der Waals surface area contributed by atoms with Crippen molar-refractivity contribution in [3.05, 3.63) is 53.6 Å². The number of hydrogen-bond donors (Lipinski definition) is 2. The van der Waals surface area contributed by atoms with E-state index in [2.05, 4.69) is 20.7 Å². The molecule has 0 aliphatic carbocycles. The van der Waals surface area contributed by atoms with E-state index in [1.165, 1.54) is 12.1 Å². The van der Waals surface area contributed by atoms with E-state index in [-0.39, 0.29) is 24.9 Å². The molecular weight excluding hydrogens is 313 g/mol. The van der Waals surface area contributed by atoms with Crippen molar-refractivity contribution in [3.8, 4) is 5.75 Å². The molecule has 122 valence electrons. The highest BCUT2D eigenvalue weighted by Crippen LogP contribution is 2.22. The van der Waals surface area contributed by atoms with Crippen LogP contribution in [-0.4, -0.2) is 35.7 Å². The van der Waals surface area contributed by atoms with Gasteiger partial charge in [-0.15, -0.1) is 0 Å². The quantitative estimate of drug-likeness (QED) is 0.741. The molecule has 0 fully saturated rings. The minimum absolute atomic E-state index is 0.234. The molecule has 0 aromatic heterocycles. The van der Waals surface area contributed by atoms with Gasteiger partial charge in [-0.25, -0.2) is 14.4 Å². The highest BCUT2D eigenvalue weighted by molar-refractivity contribution is 6.25. The molecule has 0 saturated heterocycles. The van der Waals surface area contributed by atoms with Crippen molar-refractivity contribution < 1.29 is 13.9 Å². The van der Waals surface area contributed by atoms with Crippen LogP contribution in [-0.2, 0) is 11.3 Å². The van der Waals surface area contributed by atoms with Gasteiger partial charge in [0.2, 0.25) is 0 Å². The van der Waals surface area contributed by atoms with E-state index < -0.39 is 0 Å². The number of benzene rings is 1. The van der Waals surface area contributed by atoms with Gasteiger partial charge < -0.3 is 10.1 Å². The number of rotatable bonds is 0. The maximum Gasteiger partial charge on any atom is 0.256 e. The van der Waals surface area contributed by atoms with Crippen LogP contribution in [0.25, 0.3) is 0 Å². The van der Waals surface area contributed by atoms with Crippen molar-refractivity contribution in [1.82, 2.24) is 15.8 Å². The van der Waals surface area contributed by atoms with Crippen LogP contribution in [0.2, 0.25) is 0 Å². The predicted molar refractivity (Wildman–Crippen MR) is 85.7 cm³/mol. The monoisotopic (exact) mass is 327 g/mol. The molecule has 2 N–H and O–H groups in total. The third-order valence-electron chi connectivity index (χ3n) is 3.73. The van der Waals surface area contributed by atoms with Crippen LogP contribution in [0.15, 0.2) is 52.2 Å². The summed E-state index contributed by atoms with van der Waals surface area (Å²) in [4.78, 5) is 21.1. The molecule has 24 heavy (non-hydrogen) atoms. The summed E-state index contributed by atoms with van der Waals surface area (Å²) in [5.41, 5.74) is 3.99. The van der Waals surface area contributed by atoms with Crippen LogP contribution in [0.3, 0.4) is 0 Å². The highest BCUT2D eigenvalue weighted by Gasteiger charge is 2.28. The third-order valence-corrected chi connectivity index (χ3v) is 3.73. The fraction of sp³-hybridized carbons (Fsp3) is 0.188. The predicted octanol–water partition coefficient (Wildman–Crippen LogP) is 0.863. The number of ether oxygens (including phenoxy) is 1. The van der Waals surface area contributed by atoms with Gasteiger partial charge in [-0.2, -0.15) is 0 Å². The van der Waals surface area contributed by atoms with Crippen molar-refractivity contribution in [2.24, 2.45) is 9.98 Å². The molecule has 8 heteroatoms. The molecule has 0 spiro atoms. The smallest absolute Gasteiger partial charge is 0.256 e. The van der Waals surface area contributed by atoms with E-state index in [1.54, 1.807) is 29.6 Å². The molecule has 4 rings (SSSR count). The zero-order valence-electron chi connectivity index (χ0n) is 12.6. The number of fused-ring (bicyclic) bond motifs is 2. The zero-order chi connectivity index (χ0) is 16.5. The maximum absolute atomic E-state index is 13.5. The Kier molecular flexibility index (Phi) is 3.49. The van der Waals surface area contributed by atoms with Gasteiger partial charge in [-0.3, -0.25) is 15.2 Å². The number of hydrazine groups is 1. The number of amides is 1. The van der Waals surface area contributed by atoms with Crippen molar-refractivity contribution >= 4 is 17.6 Å². The lowest BCUT2D eigenvalue weighted by Crippen LogP contribution is -2.36. The summed E-state index contributed by atoms with van der Waals surface area (Å²) < 4.78 is 19.2. The Hall–Kier alpha value is -3.16. The van der Waals surface area contributed by atoms with E-state index in [0.717, 1.165) is 0 Å². The SMILES string of the molecule is O=C1NCCOc2ccc(F)cc2CN=C2C=CN3NC=C1C3=N2. The second-order valence-corrected chi connectivity index (χ2v) is 5.34. The van der Waals surface area contributed by atoms with Crippen LogP contribution in [0, 0.1) is 5.82 Å². The molecule has 0 saturated carbocycles. The van der Waals surface area contributed by atoms with Crippen LogP contribution >= 0.6 is 0 Å².